The predicted octanol–water partition coefficient (Wildman–Crippen LogP) is 5.91. The van der Waals surface area contributed by atoms with E-state index in [9.17, 15) is 26.7 Å². The summed E-state index contributed by atoms with van der Waals surface area (Å²) in [6, 6.07) is 19.3. The van der Waals surface area contributed by atoms with E-state index in [1.807, 2.05) is 30.3 Å². The predicted molar refractivity (Wildman–Crippen MR) is 122 cm³/mol. The highest BCUT2D eigenvalue weighted by Gasteiger charge is 2.30. The van der Waals surface area contributed by atoms with Gasteiger partial charge in [-0.2, -0.15) is 22.0 Å². The van der Waals surface area contributed by atoms with Gasteiger partial charge in [-0.25, -0.2) is 0 Å². The van der Waals surface area contributed by atoms with Crippen molar-refractivity contribution in [2.75, 3.05) is 13.6 Å². The summed E-state index contributed by atoms with van der Waals surface area (Å²) in [6.07, 6.45) is -4.10. The number of ether oxygens (including phenoxy) is 1. The Morgan fingerprint density at radius 1 is 0.886 bits per heavy atom. The average Bonchev–Trinajstić information content (AvgIpc) is 2.83. The van der Waals surface area contributed by atoms with Crippen LogP contribution in [-0.4, -0.2) is 26.1 Å². The number of nitrogens with one attached hydrogen (secondary N) is 2. The van der Waals surface area contributed by atoms with Crippen LogP contribution in [0.1, 0.15) is 40.6 Å². The molecule has 0 aliphatic rings. The summed E-state index contributed by atoms with van der Waals surface area (Å²) in [5.41, 5.74) is 1.15. The van der Waals surface area contributed by atoms with Crippen LogP contribution in [0.5, 0.6) is 5.75 Å². The normalized spacial score (nSPS) is 13.3. The fourth-order valence-electron chi connectivity index (χ4n) is 3.86. The molecule has 2 atom stereocenters. The summed E-state index contributed by atoms with van der Waals surface area (Å²) in [6.45, 7) is -2.69. The van der Waals surface area contributed by atoms with Crippen molar-refractivity contribution in [3.63, 3.8) is 0 Å². The first-order valence-electron chi connectivity index (χ1n) is 10.9. The van der Waals surface area contributed by atoms with E-state index in [2.05, 4.69) is 15.4 Å². The van der Waals surface area contributed by atoms with Gasteiger partial charge < -0.3 is 15.4 Å². The number of amides is 1. The van der Waals surface area contributed by atoms with Crippen molar-refractivity contribution < 1.29 is 31.5 Å². The van der Waals surface area contributed by atoms with Gasteiger partial charge in [-0.15, -0.1) is 0 Å². The van der Waals surface area contributed by atoms with Crippen LogP contribution in [0.4, 0.5) is 22.0 Å². The SMILES string of the molecule is CNC(=O)C(NCCC(c1ccc(C(F)(F)F)cc1)c1cccc(OC(F)F)c1)c1ccccc1. The third-order valence-corrected chi connectivity index (χ3v) is 5.55. The molecule has 3 aromatic carbocycles. The van der Waals surface area contributed by atoms with Crippen molar-refractivity contribution in [1.29, 1.82) is 0 Å². The summed E-state index contributed by atoms with van der Waals surface area (Å²) in [4.78, 5) is 12.4. The number of alkyl halides is 5. The Kier molecular flexibility index (Phi) is 8.81. The lowest BCUT2D eigenvalue weighted by atomic mass is 9.87. The van der Waals surface area contributed by atoms with Gasteiger partial charge in [0.1, 0.15) is 11.8 Å². The monoisotopic (exact) mass is 492 g/mol. The molecular formula is C26H25F5N2O2. The van der Waals surface area contributed by atoms with E-state index in [-0.39, 0.29) is 11.7 Å². The Labute approximate surface area is 200 Å². The molecule has 0 spiro atoms. The fraction of sp³-hybridized carbons (Fsp3) is 0.269. The zero-order valence-corrected chi connectivity index (χ0v) is 18.9. The Morgan fingerprint density at radius 3 is 2.14 bits per heavy atom. The third-order valence-electron chi connectivity index (χ3n) is 5.55. The Hall–Kier alpha value is -3.46. The van der Waals surface area contributed by atoms with E-state index in [1.165, 1.54) is 31.3 Å². The number of likely N-dealkylation sites (N-methyl/N-ethyl adjacent to an activating group) is 1. The molecule has 35 heavy (non-hydrogen) atoms. The first kappa shape index (κ1) is 26.2. The van der Waals surface area contributed by atoms with Crippen molar-refractivity contribution >= 4 is 5.91 Å². The zero-order chi connectivity index (χ0) is 25.4. The molecule has 0 fully saturated rings. The molecule has 0 bridgehead atoms. The van der Waals surface area contributed by atoms with Crippen molar-refractivity contribution in [1.82, 2.24) is 10.6 Å². The van der Waals surface area contributed by atoms with Gasteiger partial charge in [0.25, 0.3) is 0 Å². The summed E-state index contributed by atoms with van der Waals surface area (Å²) < 4.78 is 69.1. The number of benzene rings is 3. The van der Waals surface area contributed by atoms with Crippen LogP contribution in [0.2, 0.25) is 0 Å². The standard InChI is InChI=1S/C26H25F5N2O2/c1-32-24(34)23(18-6-3-2-4-7-18)33-15-14-22(17-10-12-20(13-11-17)26(29,30)31)19-8-5-9-21(16-19)35-25(27)28/h2-13,16,22-23,25,33H,14-15H2,1H3,(H,32,34). The van der Waals surface area contributed by atoms with Gasteiger partial charge in [0.2, 0.25) is 5.91 Å². The molecule has 0 radical (unpaired) electrons. The number of hydrogen-bond donors (Lipinski definition) is 2. The second-order valence-electron chi connectivity index (χ2n) is 7.82. The molecule has 0 aromatic heterocycles. The maximum Gasteiger partial charge on any atom is 0.416 e. The van der Waals surface area contributed by atoms with Gasteiger partial charge >= 0.3 is 12.8 Å². The average molecular weight is 492 g/mol. The van der Waals surface area contributed by atoms with E-state index >= 15 is 0 Å². The van der Waals surface area contributed by atoms with Crippen LogP contribution in [0.15, 0.2) is 78.9 Å². The quantitative estimate of drug-likeness (QED) is 0.346. The molecule has 0 aliphatic heterocycles. The summed E-state index contributed by atoms with van der Waals surface area (Å²) in [7, 11) is 1.53. The van der Waals surface area contributed by atoms with Gasteiger partial charge in [0.05, 0.1) is 5.56 Å². The lowest BCUT2D eigenvalue weighted by Gasteiger charge is -2.22. The minimum Gasteiger partial charge on any atom is -0.435 e. The van der Waals surface area contributed by atoms with E-state index in [0.717, 1.165) is 17.7 Å². The minimum atomic E-state index is -4.48. The van der Waals surface area contributed by atoms with Gasteiger partial charge in [0, 0.05) is 13.0 Å². The minimum absolute atomic E-state index is 0.0464. The highest BCUT2D eigenvalue weighted by Crippen LogP contribution is 2.34. The van der Waals surface area contributed by atoms with Crippen molar-refractivity contribution in [3.05, 3.63) is 101 Å². The lowest BCUT2D eigenvalue weighted by molar-refractivity contribution is -0.137. The molecule has 2 N–H and O–H groups in total. The fourth-order valence-corrected chi connectivity index (χ4v) is 3.86. The van der Waals surface area contributed by atoms with Gasteiger partial charge in [0.15, 0.2) is 0 Å². The highest BCUT2D eigenvalue weighted by molar-refractivity contribution is 5.82. The number of carbonyl (C=O) groups excluding carboxylic acids is 1. The van der Waals surface area contributed by atoms with Crippen LogP contribution in [0.3, 0.4) is 0 Å². The van der Waals surface area contributed by atoms with Crippen LogP contribution in [0.25, 0.3) is 0 Å². The molecular weight excluding hydrogens is 467 g/mol. The zero-order valence-electron chi connectivity index (χ0n) is 18.9. The van der Waals surface area contributed by atoms with Gasteiger partial charge in [-0.1, -0.05) is 54.6 Å². The Morgan fingerprint density at radius 2 is 1.54 bits per heavy atom. The second kappa shape index (κ2) is 11.8. The van der Waals surface area contributed by atoms with Crippen molar-refractivity contribution in [2.24, 2.45) is 0 Å². The summed E-state index contributed by atoms with van der Waals surface area (Å²) >= 11 is 0. The van der Waals surface area contributed by atoms with Crippen LogP contribution in [-0.2, 0) is 11.0 Å². The molecule has 0 aliphatic carbocycles. The maximum atomic E-state index is 13.0. The first-order valence-corrected chi connectivity index (χ1v) is 10.9. The van der Waals surface area contributed by atoms with Crippen LogP contribution < -0.4 is 15.4 Å². The number of carbonyl (C=O) groups is 1. The van der Waals surface area contributed by atoms with E-state index in [0.29, 0.717) is 24.1 Å². The van der Waals surface area contributed by atoms with Crippen LogP contribution in [0, 0.1) is 0 Å². The maximum absolute atomic E-state index is 13.0. The molecule has 0 heterocycles. The molecule has 0 saturated heterocycles. The molecule has 2 unspecified atom stereocenters. The molecule has 186 valence electrons. The summed E-state index contributed by atoms with van der Waals surface area (Å²) in [5, 5.41) is 5.81. The largest absolute Gasteiger partial charge is 0.435 e. The molecule has 9 heteroatoms. The van der Waals surface area contributed by atoms with Gasteiger partial charge in [-0.3, -0.25) is 4.79 Å². The van der Waals surface area contributed by atoms with Crippen molar-refractivity contribution in [2.45, 2.75) is 31.2 Å². The molecule has 3 aromatic rings. The van der Waals surface area contributed by atoms with Crippen LogP contribution >= 0.6 is 0 Å². The molecule has 4 nitrogen and oxygen atoms in total. The topological polar surface area (TPSA) is 50.4 Å². The lowest BCUT2D eigenvalue weighted by Crippen LogP contribution is -2.36. The Balaban J connectivity index is 1.86. The molecule has 0 saturated carbocycles. The highest BCUT2D eigenvalue weighted by atomic mass is 19.4. The van der Waals surface area contributed by atoms with Gasteiger partial charge in [-0.05, 0) is 53.9 Å². The second-order valence-corrected chi connectivity index (χ2v) is 7.82. The molecule has 3 rings (SSSR count). The first-order chi connectivity index (χ1) is 16.7. The summed E-state index contributed by atoms with van der Waals surface area (Å²) in [5.74, 6) is -0.725. The van der Waals surface area contributed by atoms with Crippen molar-refractivity contribution in [3.8, 4) is 5.75 Å². The number of rotatable bonds is 10. The third kappa shape index (κ3) is 7.26. The van der Waals surface area contributed by atoms with E-state index in [4.69, 9.17) is 0 Å². The smallest absolute Gasteiger partial charge is 0.416 e. The number of halogens is 5. The Bertz CT molecular complexity index is 1090. The number of hydrogen-bond acceptors (Lipinski definition) is 3. The molecule has 1 amide bonds. The van der Waals surface area contributed by atoms with E-state index < -0.39 is 30.3 Å². The van der Waals surface area contributed by atoms with E-state index in [1.54, 1.807) is 12.1 Å².